The van der Waals surface area contributed by atoms with Crippen LogP contribution < -0.4 is 0 Å². The summed E-state index contributed by atoms with van der Waals surface area (Å²) in [4.78, 5) is 0. The van der Waals surface area contributed by atoms with Gasteiger partial charge in [0.1, 0.15) is 0 Å². The van der Waals surface area contributed by atoms with Gasteiger partial charge in [0.15, 0.2) is 0 Å². The fourth-order valence-electron chi connectivity index (χ4n) is 0.975. The van der Waals surface area contributed by atoms with Crippen molar-refractivity contribution in [1.29, 1.82) is 0 Å². The highest BCUT2D eigenvalue weighted by atomic mass is 79.9. The first kappa shape index (κ1) is 9.99. The van der Waals surface area contributed by atoms with Crippen LogP contribution in [-0.2, 0) is 13.2 Å². The third kappa shape index (κ3) is 1.98. The third-order valence-electron chi connectivity index (χ3n) is 1.58. The topological polar surface area (TPSA) is 40.5 Å². The van der Waals surface area contributed by atoms with Crippen LogP contribution in [0.5, 0.6) is 0 Å². The maximum absolute atomic E-state index is 8.91. The van der Waals surface area contributed by atoms with Crippen molar-refractivity contribution in [2.45, 2.75) is 13.2 Å². The summed E-state index contributed by atoms with van der Waals surface area (Å²) in [6.07, 6.45) is 0. The van der Waals surface area contributed by atoms with E-state index in [1.807, 2.05) is 0 Å². The van der Waals surface area contributed by atoms with Gasteiger partial charge in [-0.1, -0.05) is 27.5 Å². The molecule has 0 aliphatic heterocycles. The van der Waals surface area contributed by atoms with Crippen LogP contribution in [0.3, 0.4) is 0 Å². The van der Waals surface area contributed by atoms with Gasteiger partial charge in [-0.05, 0) is 17.7 Å². The van der Waals surface area contributed by atoms with Crippen LogP contribution in [0.4, 0.5) is 0 Å². The minimum Gasteiger partial charge on any atom is -0.392 e. The van der Waals surface area contributed by atoms with Crippen molar-refractivity contribution >= 4 is 27.5 Å². The summed E-state index contributed by atoms with van der Waals surface area (Å²) in [6.45, 7) is -0.267. The molecule has 12 heavy (non-hydrogen) atoms. The Morgan fingerprint density at radius 3 is 2.42 bits per heavy atom. The summed E-state index contributed by atoms with van der Waals surface area (Å²) in [6, 6.07) is 3.42. The van der Waals surface area contributed by atoms with E-state index >= 15 is 0 Å². The van der Waals surface area contributed by atoms with E-state index in [1.165, 1.54) is 0 Å². The number of hydrogen-bond donors (Lipinski definition) is 2. The van der Waals surface area contributed by atoms with Crippen LogP contribution in [0, 0.1) is 0 Å². The quantitative estimate of drug-likeness (QED) is 0.845. The minimum atomic E-state index is -0.151. The van der Waals surface area contributed by atoms with Crippen LogP contribution in [0.15, 0.2) is 16.6 Å². The molecule has 0 heterocycles. The highest BCUT2D eigenvalue weighted by Crippen LogP contribution is 2.25. The van der Waals surface area contributed by atoms with Crippen LogP contribution in [0.2, 0.25) is 5.02 Å². The Morgan fingerprint density at radius 2 is 1.92 bits per heavy atom. The molecule has 0 spiro atoms. The van der Waals surface area contributed by atoms with Crippen LogP contribution in [-0.4, -0.2) is 10.2 Å². The van der Waals surface area contributed by atoms with Crippen molar-refractivity contribution in [2.24, 2.45) is 0 Å². The number of hydrogen-bond acceptors (Lipinski definition) is 2. The summed E-state index contributed by atoms with van der Waals surface area (Å²) < 4.78 is 0.800. The molecule has 0 bridgehead atoms. The second-order valence-corrected chi connectivity index (χ2v) is 3.66. The normalized spacial score (nSPS) is 10.3. The first-order chi connectivity index (χ1) is 5.69. The molecule has 0 aliphatic rings. The van der Waals surface area contributed by atoms with Crippen LogP contribution in [0.1, 0.15) is 11.1 Å². The average molecular weight is 252 g/mol. The zero-order chi connectivity index (χ0) is 9.14. The summed E-state index contributed by atoms with van der Waals surface area (Å²) in [5.74, 6) is 0. The third-order valence-corrected chi connectivity index (χ3v) is 2.38. The van der Waals surface area contributed by atoms with Gasteiger partial charge >= 0.3 is 0 Å². The largest absolute Gasteiger partial charge is 0.392 e. The highest BCUT2D eigenvalue weighted by molar-refractivity contribution is 9.10. The maximum Gasteiger partial charge on any atom is 0.0699 e. The molecule has 0 amide bonds. The number of aliphatic hydroxyl groups excluding tert-OH is 2. The molecule has 0 aromatic heterocycles. The lowest BCUT2D eigenvalue weighted by molar-refractivity contribution is 0.260. The number of aliphatic hydroxyl groups is 2. The fraction of sp³-hybridized carbons (Fsp3) is 0.250. The minimum absolute atomic E-state index is 0.116. The first-order valence-electron chi connectivity index (χ1n) is 3.37. The van der Waals surface area contributed by atoms with Gasteiger partial charge in [-0.15, -0.1) is 0 Å². The van der Waals surface area contributed by atoms with Gasteiger partial charge in [0.25, 0.3) is 0 Å². The maximum atomic E-state index is 8.91. The van der Waals surface area contributed by atoms with Gasteiger partial charge in [-0.2, -0.15) is 0 Å². The Morgan fingerprint density at radius 1 is 1.25 bits per heavy atom. The molecular weight excluding hydrogens is 243 g/mol. The van der Waals surface area contributed by atoms with E-state index in [1.54, 1.807) is 12.1 Å². The number of halogens is 2. The molecule has 4 heteroatoms. The lowest BCUT2D eigenvalue weighted by atomic mass is 10.1. The van der Waals surface area contributed by atoms with Crippen molar-refractivity contribution in [3.05, 3.63) is 32.8 Å². The molecule has 2 nitrogen and oxygen atoms in total. The van der Waals surface area contributed by atoms with E-state index in [4.69, 9.17) is 21.8 Å². The van der Waals surface area contributed by atoms with E-state index in [0.29, 0.717) is 16.1 Å². The van der Waals surface area contributed by atoms with Gasteiger partial charge in [0.2, 0.25) is 0 Å². The van der Waals surface area contributed by atoms with Crippen molar-refractivity contribution in [1.82, 2.24) is 0 Å². The Labute approximate surface area is 83.9 Å². The molecule has 1 aromatic rings. The first-order valence-corrected chi connectivity index (χ1v) is 4.54. The zero-order valence-corrected chi connectivity index (χ0v) is 8.56. The Bertz CT molecular complexity index is 289. The summed E-state index contributed by atoms with van der Waals surface area (Å²) in [7, 11) is 0. The Kier molecular flexibility index (Phi) is 3.53. The van der Waals surface area contributed by atoms with Crippen molar-refractivity contribution in [2.75, 3.05) is 0 Å². The molecule has 0 atom stereocenters. The van der Waals surface area contributed by atoms with E-state index < -0.39 is 0 Å². The second-order valence-electron chi connectivity index (χ2n) is 2.34. The van der Waals surface area contributed by atoms with E-state index in [9.17, 15) is 0 Å². The fourth-order valence-corrected chi connectivity index (χ4v) is 1.91. The van der Waals surface area contributed by atoms with Gasteiger partial charge < -0.3 is 10.2 Å². The monoisotopic (exact) mass is 250 g/mol. The molecule has 0 aliphatic carbocycles. The van der Waals surface area contributed by atoms with Gasteiger partial charge in [0.05, 0.1) is 13.2 Å². The molecule has 0 radical (unpaired) electrons. The summed E-state index contributed by atoms with van der Waals surface area (Å²) in [5, 5.41) is 18.3. The molecule has 0 unspecified atom stereocenters. The second kappa shape index (κ2) is 4.23. The molecule has 1 aromatic carbocycles. The average Bonchev–Trinajstić information content (AvgIpc) is 2.03. The predicted octanol–water partition coefficient (Wildman–Crippen LogP) is 2.09. The van der Waals surface area contributed by atoms with Gasteiger partial charge in [-0.25, -0.2) is 0 Å². The van der Waals surface area contributed by atoms with E-state index in [0.717, 1.165) is 4.47 Å². The molecular formula is C8H8BrClO2. The van der Waals surface area contributed by atoms with Gasteiger partial charge in [0, 0.05) is 15.1 Å². The summed E-state index contributed by atoms with van der Waals surface area (Å²) >= 11 is 9.05. The van der Waals surface area contributed by atoms with E-state index in [-0.39, 0.29) is 13.2 Å². The van der Waals surface area contributed by atoms with Gasteiger partial charge in [-0.3, -0.25) is 0 Å². The molecule has 2 N–H and O–H groups in total. The summed E-state index contributed by atoms with van der Waals surface area (Å²) in [5.41, 5.74) is 1.24. The lowest BCUT2D eigenvalue weighted by Gasteiger charge is -2.07. The molecule has 0 saturated carbocycles. The molecule has 0 saturated heterocycles. The van der Waals surface area contributed by atoms with Crippen LogP contribution >= 0.6 is 27.5 Å². The SMILES string of the molecule is OCc1cc(Br)cc(Cl)c1CO. The lowest BCUT2D eigenvalue weighted by Crippen LogP contribution is -1.95. The van der Waals surface area contributed by atoms with Crippen LogP contribution in [0.25, 0.3) is 0 Å². The predicted molar refractivity (Wildman–Crippen MR) is 51.0 cm³/mol. The van der Waals surface area contributed by atoms with Crippen molar-refractivity contribution in [3.63, 3.8) is 0 Å². The number of benzene rings is 1. The van der Waals surface area contributed by atoms with Crippen molar-refractivity contribution in [3.8, 4) is 0 Å². The number of rotatable bonds is 2. The molecule has 0 fully saturated rings. The Hall–Kier alpha value is -0.0900. The van der Waals surface area contributed by atoms with E-state index in [2.05, 4.69) is 15.9 Å². The van der Waals surface area contributed by atoms with Crippen molar-refractivity contribution < 1.29 is 10.2 Å². The molecule has 66 valence electrons. The molecule has 1 rings (SSSR count). The Balaban J connectivity index is 3.24. The smallest absolute Gasteiger partial charge is 0.0699 e. The highest BCUT2D eigenvalue weighted by Gasteiger charge is 2.06. The standard InChI is InChI=1S/C8H8BrClO2/c9-6-1-5(3-11)7(4-12)8(10)2-6/h1-2,11-12H,3-4H2. The zero-order valence-electron chi connectivity index (χ0n) is 6.22.